The summed E-state index contributed by atoms with van der Waals surface area (Å²) in [5, 5.41) is 5.80. The molecule has 1 saturated heterocycles. The zero-order valence-corrected chi connectivity index (χ0v) is 18.3. The third kappa shape index (κ3) is 3.61. The highest BCUT2D eigenvalue weighted by atomic mass is 32.1. The Labute approximate surface area is 183 Å². The molecule has 2 atom stereocenters. The molecular weight excluding hydrogens is 414 g/mol. The van der Waals surface area contributed by atoms with Crippen molar-refractivity contribution in [1.82, 2.24) is 10.3 Å². The van der Waals surface area contributed by atoms with Crippen LogP contribution in [0.15, 0.2) is 35.8 Å². The molecule has 2 aromatic carbocycles. The van der Waals surface area contributed by atoms with Crippen LogP contribution in [0.4, 0.5) is 5.69 Å². The summed E-state index contributed by atoms with van der Waals surface area (Å²) in [5.41, 5.74) is 4.25. The Morgan fingerprint density at radius 3 is 2.84 bits per heavy atom. The number of carbonyl (C=O) groups excluding carboxylic acids is 2. The van der Waals surface area contributed by atoms with Gasteiger partial charge >= 0.3 is 0 Å². The zero-order chi connectivity index (χ0) is 21.8. The molecule has 160 valence electrons. The van der Waals surface area contributed by atoms with Gasteiger partial charge in [0.15, 0.2) is 5.60 Å². The lowest BCUT2D eigenvalue weighted by molar-refractivity contribution is -0.129. The van der Waals surface area contributed by atoms with Crippen LogP contribution < -0.4 is 20.1 Å². The number of anilines is 1. The molecule has 2 amide bonds. The fourth-order valence-electron chi connectivity index (χ4n) is 3.94. The van der Waals surface area contributed by atoms with E-state index < -0.39 is 5.60 Å². The van der Waals surface area contributed by atoms with Crippen LogP contribution in [0.1, 0.15) is 27.2 Å². The van der Waals surface area contributed by atoms with Crippen molar-refractivity contribution < 1.29 is 19.1 Å². The first-order valence-electron chi connectivity index (χ1n) is 10.3. The second-order valence-corrected chi connectivity index (χ2v) is 9.40. The number of ether oxygens (including phenoxy) is 2. The van der Waals surface area contributed by atoms with Gasteiger partial charge in [-0.05, 0) is 56.2 Å². The summed E-state index contributed by atoms with van der Waals surface area (Å²) in [6, 6.07) is 9.76. The molecule has 2 unspecified atom stereocenters. The minimum absolute atomic E-state index is 0.0682. The van der Waals surface area contributed by atoms with Gasteiger partial charge in [-0.2, -0.15) is 0 Å². The van der Waals surface area contributed by atoms with Gasteiger partial charge in [0.2, 0.25) is 5.91 Å². The molecule has 0 bridgehead atoms. The molecule has 7 nitrogen and oxygen atoms in total. The van der Waals surface area contributed by atoms with Gasteiger partial charge in [-0.15, -0.1) is 11.3 Å². The number of hydrogen-bond donors (Lipinski definition) is 2. The van der Waals surface area contributed by atoms with Gasteiger partial charge in [-0.1, -0.05) is 6.07 Å². The first-order chi connectivity index (χ1) is 14.8. The fraction of sp³-hybridized carbons (Fsp3) is 0.348. The molecule has 0 saturated carbocycles. The molecule has 0 aliphatic carbocycles. The van der Waals surface area contributed by atoms with Crippen LogP contribution in [0.3, 0.4) is 0 Å². The normalized spacial score (nSPS) is 20.5. The van der Waals surface area contributed by atoms with E-state index in [1.54, 1.807) is 19.4 Å². The predicted molar refractivity (Wildman–Crippen MR) is 120 cm³/mol. The van der Waals surface area contributed by atoms with Gasteiger partial charge in [0.05, 0.1) is 21.4 Å². The van der Waals surface area contributed by atoms with Crippen molar-refractivity contribution in [3.8, 4) is 22.6 Å². The van der Waals surface area contributed by atoms with Gasteiger partial charge in [-0.25, -0.2) is 4.98 Å². The number of amides is 2. The van der Waals surface area contributed by atoms with Crippen molar-refractivity contribution in [2.45, 2.75) is 38.9 Å². The SMILES string of the molecule is CC(Oc1cc(-c2ccc3c(c2)NC(=O)C(C)(C)O3)cc2ncsc12)C1CNC(=O)C1. The van der Waals surface area contributed by atoms with Gasteiger partial charge in [0.25, 0.3) is 5.91 Å². The van der Waals surface area contributed by atoms with E-state index in [1.165, 1.54) is 11.3 Å². The third-order valence-corrected chi connectivity index (χ3v) is 6.71. The first kappa shape index (κ1) is 19.8. The van der Waals surface area contributed by atoms with Gasteiger partial charge in [0, 0.05) is 18.9 Å². The molecule has 31 heavy (non-hydrogen) atoms. The number of rotatable bonds is 4. The van der Waals surface area contributed by atoms with Crippen molar-refractivity contribution >= 4 is 39.1 Å². The Hall–Kier alpha value is -3.13. The average Bonchev–Trinajstić information content (AvgIpc) is 3.37. The first-order valence-corrected chi connectivity index (χ1v) is 11.1. The highest BCUT2D eigenvalue weighted by molar-refractivity contribution is 7.17. The van der Waals surface area contributed by atoms with Crippen LogP contribution >= 0.6 is 11.3 Å². The maximum Gasteiger partial charge on any atom is 0.268 e. The van der Waals surface area contributed by atoms with Crippen molar-refractivity contribution in [1.29, 1.82) is 0 Å². The topological polar surface area (TPSA) is 89.6 Å². The largest absolute Gasteiger partial charge is 0.489 e. The number of fused-ring (bicyclic) bond motifs is 2. The fourth-order valence-corrected chi connectivity index (χ4v) is 4.67. The van der Waals surface area contributed by atoms with Gasteiger partial charge in [0.1, 0.15) is 17.6 Å². The van der Waals surface area contributed by atoms with Crippen molar-refractivity contribution in [2.75, 3.05) is 11.9 Å². The second kappa shape index (κ2) is 7.23. The molecule has 2 aliphatic rings. The number of nitrogens with one attached hydrogen (secondary N) is 2. The zero-order valence-electron chi connectivity index (χ0n) is 17.5. The molecule has 1 aromatic heterocycles. The molecule has 5 rings (SSSR count). The molecule has 2 N–H and O–H groups in total. The molecule has 3 heterocycles. The highest BCUT2D eigenvalue weighted by Gasteiger charge is 2.35. The number of nitrogens with zero attached hydrogens (tertiary/aromatic N) is 1. The predicted octanol–water partition coefficient (Wildman–Crippen LogP) is 3.98. The van der Waals surface area contributed by atoms with Crippen molar-refractivity contribution in [3.05, 3.63) is 35.8 Å². The number of benzene rings is 2. The van der Waals surface area contributed by atoms with Crippen LogP contribution in [0.25, 0.3) is 21.3 Å². The summed E-state index contributed by atoms with van der Waals surface area (Å²) >= 11 is 1.53. The minimum atomic E-state index is -0.901. The minimum Gasteiger partial charge on any atom is -0.489 e. The monoisotopic (exact) mass is 437 g/mol. The summed E-state index contributed by atoms with van der Waals surface area (Å²) in [7, 11) is 0. The third-order valence-electron chi connectivity index (χ3n) is 5.86. The molecule has 3 aromatic rings. The summed E-state index contributed by atoms with van der Waals surface area (Å²) in [6.45, 7) is 6.12. The van der Waals surface area contributed by atoms with Gasteiger partial charge < -0.3 is 20.1 Å². The summed E-state index contributed by atoms with van der Waals surface area (Å²) in [5.74, 6) is 1.43. The Morgan fingerprint density at radius 1 is 1.23 bits per heavy atom. The van der Waals surface area contributed by atoms with Crippen molar-refractivity contribution in [2.24, 2.45) is 5.92 Å². The lowest BCUT2D eigenvalue weighted by Crippen LogP contribution is -2.45. The number of carbonyl (C=O) groups is 2. The van der Waals surface area contributed by atoms with Crippen LogP contribution in [-0.2, 0) is 9.59 Å². The van der Waals surface area contributed by atoms with Crippen LogP contribution in [0, 0.1) is 5.92 Å². The summed E-state index contributed by atoms with van der Waals surface area (Å²) < 4.78 is 13.1. The lowest BCUT2D eigenvalue weighted by Gasteiger charge is -2.31. The van der Waals surface area contributed by atoms with Crippen molar-refractivity contribution in [3.63, 3.8) is 0 Å². The van der Waals surface area contributed by atoms with Crippen LogP contribution in [0.2, 0.25) is 0 Å². The lowest BCUT2D eigenvalue weighted by atomic mass is 10.0. The quantitative estimate of drug-likeness (QED) is 0.645. The van der Waals surface area contributed by atoms with E-state index in [1.807, 2.05) is 37.3 Å². The van der Waals surface area contributed by atoms with E-state index >= 15 is 0 Å². The second-order valence-electron chi connectivity index (χ2n) is 8.54. The smallest absolute Gasteiger partial charge is 0.268 e. The Bertz CT molecular complexity index is 1200. The Balaban J connectivity index is 1.49. The number of hydrogen-bond acceptors (Lipinski definition) is 6. The molecule has 0 radical (unpaired) electrons. The maximum absolute atomic E-state index is 12.3. The summed E-state index contributed by atoms with van der Waals surface area (Å²) in [4.78, 5) is 28.4. The van der Waals surface area contributed by atoms with E-state index in [0.717, 1.165) is 27.1 Å². The van der Waals surface area contributed by atoms with Crippen LogP contribution in [0.5, 0.6) is 11.5 Å². The molecular formula is C23H23N3O4S. The summed E-state index contributed by atoms with van der Waals surface area (Å²) in [6.07, 6.45) is 0.367. The Morgan fingerprint density at radius 2 is 2.06 bits per heavy atom. The number of thiazole rings is 1. The van der Waals surface area contributed by atoms with E-state index in [9.17, 15) is 9.59 Å². The molecule has 8 heteroatoms. The molecule has 2 aliphatic heterocycles. The molecule has 0 spiro atoms. The highest BCUT2D eigenvalue weighted by Crippen LogP contribution is 2.40. The standard InChI is InChI=1S/C23H23N3O4S/c1-12(15-9-20(27)24-10-15)29-19-8-14(7-17-21(19)31-11-25-17)13-4-5-18-16(6-13)26-22(28)23(2,3)30-18/h4-8,11-12,15H,9-10H2,1-3H3,(H,24,27)(H,26,28). The maximum atomic E-state index is 12.3. The van der Waals surface area contributed by atoms with E-state index in [-0.39, 0.29) is 23.8 Å². The number of aromatic nitrogens is 1. The van der Waals surface area contributed by atoms with E-state index in [4.69, 9.17) is 9.47 Å². The van der Waals surface area contributed by atoms with E-state index in [2.05, 4.69) is 15.6 Å². The van der Waals surface area contributed by atoms with Crippen LogP contribution in [-0.4, -0.2) is 35.0 Å². The average molecular weight is 438 g/mol. The van der Waals surface area contributed by atoms with E-state index in [0.29, 0.717) is 24.4 Å². The van der Waals surface area contributed by atoms with Gasteiger partial charge in [-0.3, -0.25) is 9.59 Å². The Kier molecular flexibility index (Phi) is 4.62. The molecule has 1 fully saturated rings.